The number of nitrogens with zero attached hydrogens (tertiary/aromatic N) is 2. The van der Waals surface area contributed by atoms with Crippen LogP contribution in [0.25, 0.3) is 0 Å². The van der Waals surface area contributed by atoms with Crippen molar-refractivity contribution in [1.29, 1.82) is 0 Å². The zero-order valence-electron chi connectivity index (χ0n) is 16.2. The number of hydrogen-bond donors (Lipinski definition) is 3. The van der Waals surface area contributed by atoms with Gasteiger partial charge in [0.25, 0.3) is 0 Å². The third-order valence-corrected chi connectivity index (χ3v) is 4.79. The molecule has 1 aliphatic rings. The molecule has 0 unspecified atom stereocenters. The molecule has 2 aromatic rings. The highest BCUT2D eigenvalue weighted by Crippen LogP contribution is 2.09. The molecule has 1 fully saturated rings. The normalized spacial score (nSPS) is 14.9. The molecule has 0 spiro atoms. The van der Waals surface area contributed by atoms with Gasteiger partial charge in [-0.1, -0.05) is 30.3 Å². The summed E-state index contributed by atoms with van der Waals surface area (Å²) < 4.78 is 12.8. The van der Waals surface area contributed by atoms with E-state index in [1.807, 2.05) is 6.07 Å². The average Bonchev–Trinajstić information content (AvgIpc) is 2.74. The van der Waals surface area contributed by atoms with Gasteiger partial charge in [-0.2, -0.15) is 0 Å². The van der Waals surface area contributed by atoms with Crippen LogP contribution in [0.3, 0.4) is 0 Å². The summed E-state index contributed by atoms with van der Waals surface area (Å²) in [5.74, 6) is -0.642. The molecule has 3 N–H and O–H groups in total. The van der Waals surface area contributed by atoms with Crippen LogP contribution in [-0.4, -0.2) is 54.5 Å². The number of urea groups is 1. The van der Waals surface area contributed by atoms with E-state index in [0.29, 0.717) is 18.7 Å². The second-order valence-corrected chi connectivity index (χ2v) is 6.99. The molecule has 154 valence electrons. The summed E-state index contributed by atoms with van der Waals surface area (Å²) in [4.78, 5) is 28.4. The van der Waals surface area contributed by atoms with Gasteiger partial charge >= 0.3 is 6.03 Å². The first-order chi connectivity index (χ1) is 14.1. The first-order valence-corrected chi connectivity index (χ1v) is 9.68. The van der Waals surface area contributed by atoms with Crippen molar-refractivity contribution < 1.29 is 14.0 Å². The van der Waals surface area contributed by atoms with E-state index in [9.17, 15) is 14.0 Å². The van der Waals surface area contributed by atoms with Gasteiger partial charge in [-0.05, 0) is 29.8 Å². The summed E-state index contributed by atoms with van der Waals surface area (Å²) in [7, 11) is 0. The molecule has 3 rings (SSSR count). The van der Waals surface area contributed by atoms with Gasteiger partial charge in [0.05, 0.1) is 0 Å². The maximum absolute atomic E-state index is 12.8. The second-order valence-electron chi connectivity index (χ2n) is 6.99. The van der Waals surface area contributed by atoms with E-state index in [0.717, 1.165) is 32.7 Å². The Bertz CT molecular complexity index is 792. The number of hydrazine groups is 1. The SMILES string of the molecule is O=C(CCN1CCN(Cc2ccccc2)CC1)NNC(=O)Nc1ccc(F)cc1. The summed E-state index contributed by atoms with van der Waals surface area (Å²) >= 11 is 0. The average molecular weight is 399 g/mol. The number of halogens is 1. The largest absolute Gasteiger partial charge is 0.337 e. The van der Waals surface area contributed by atoms with Crippen LogP contribution in [0.2, 0.25) is 0 Å². The molecule has 0 bridgehead atoms. The summed E-state index contributed by atoms with van der Waals surface area (Å²) in [5, 5.41) is 2.51. The van der Waals surface area contributed by atoms with Crippen molar-refractivity contribution in [1.82, 2.24) is 20.7 Å². The van der Waals surface area contributed by atoms with Crippen molar-refractivity contribution in [3.8, 4) is 0 Å². The minimum absolute atomic E-state index is 0.258. The standard InChI is InChI=1S/C21H26FN5O2/c22-18-6-8-19(9-7-18)23-21(29)25-24-20(28)10-11-26-12-14-27(15-13-26)16-17-4-2-1-3-5-17/h1-9H,10-16H2,(H,24,28)(H2,23,25,29). The molecule has 1 saturated heterocycles. The molecule has 3 amide bonds. The molecule has 0 radical (unpaired) electrons. The van der Waals surface area contributed by atoms with Crippen LogP contribution < -0.4 is 16.2 Å². The summed E-state index contributed by atoms with van der Waals surface area (Å²) in [6, 6.07) is 15.2. The lowest BCUT2D eigenvalue weighted by molar-refractivity contribution is -0.122. The highest BCUT2D eigenvalue weighted by molar-refractivity contribution is 5.90. The number of carbonyl (C=O) groups is 2. The van der Waals surface area contributed by atoms with Gasteiger partial charge in [-0.15, -0.1) is 0 Å². The zero-order valence-corrected chi connectivity index (χ0v) is 16.2. The van der Waals surface area contributed by atoms with Crippen molar-refractivity contribution in [3.63, 3.8) is 0 Å². The number of anilines is 1. The van der Waals surface area contributed by atoms with Crippen LogP contribution in [0, 0.1) is 5.82 Å². The van der Waals surface area contributed by atoms with Gasteiger partial charge in [0.2, 0.25) is 5.91 Å². The smallest absolute Gasteiger partial charge is 0.307 e. The molecule has 29 heavy (non-hydrogen) atoms. The summed E-state index contributed by atoms with van der Waals surface area (Å²) in [6.07, 6.45) is 0.301. The lowest BCUT2D eigenvalue weighted by Crippen LogP contribution is -2.48. The topological polar surface area (TPSA) is 76.7 Å². The van der Waals surface area contributed by atoms with Crippen LogP contribution in [0.15, 0.2) is 54.6 Å². The van der Waals surface area contributed by atoms with Crippen molar-refractivity contribution in [2.24, 2.45) is 0 Å². The Balaban J connectivity index is 1.29. The zero-order chi connectivity index (χ0) is 20.5. The third-order valence-electron chi connectivity index (χ3n) is 4.79. The predicted molar refractivity (Wildman–Crippen MR) is 109 cm³/mol. The maximum atomic E-state index is 12.8. The molecule has 1 heterocycles. The number of benzene rings is 2. The van der Waals surface area contributed by atoms with Crippen LogP contribution >= 0.6 is 0 Å². The van der Waals surface area contributed by atoms with E-state index in [1.54, 1.807) is 0 Å². The molecule has 0 atom stereocenters. The number of rotatable bonds is 6. The number of carbonyl (C=O) groups excluding carboxylic acids is 2. The molecular formula is C21H26FN5O2. The van der Waals surface area contributed by atoms with E-state index >= 15 is 0 Å². The van der Waals surface area contributed by atoms with Gasteiger partial charge in [-0.3, -0.25) is 15.1 Å². The van der Waals surface area contributed by atoms with Crippen molar-refractivity contribution >= 4 is 17.6 Å². The van der Waals surface area contributed by atoms with Crippen LogP contribution in [0.5, 0.6) is 0 Å². The van der Waals surface area contributed by atoms with Gasteiger partial charge < -0.3 is 10.2 Å². The molecular weight excluding hydrogens is 373 g/mol. The van der Waals surface area contributed by atoms with Crippen molar-refractivity contribution in [2.45, 2.75) is 13.0 Å². The van der Waals surface area contributed by atoms with Gasteiger partial charge in [-0.25, -0.2) is 14.6 Å². The van der Waals surface area contributed by atoms with Crippen molar-refractivity contribution in [3.05, 3.63) is 66.0 Å². The Morgan fingerprint density at radius 3 is 2.21 bits per heavy atom. The highest BCUT2D eigenvalue weighted by atomic mass is 19.1. The van der Waals surface area contributed by atoms with E-state index in [-0.39, 0.29) is 11.7 Å². The summed E-state index contributed by atoms with van der Waals surface area (Å²) in [6.45, 7) is 5.36. The maximum Gasteiger partial charge on any atom is 0.337 e. The van der Waals surface area contributed by atoms with Crippen LogP contribution in [0.1, 0.15) is 12.0 Å². The fourth-order valence-corrected chi connectivity index (χ4v) is 3.16. The minimum Gasteiger partial charge on any atom is -0.307 e. The third kappa shape index (κ3) is 7.17. The molecule has 0 aliphatic carbocycles. The fourth-order valence-electron chi connectivity index (χ4n) is 3.16. The molecule has 8 heteroatoms. The summed E-state index contributed by atoms with van der Waals surface area (Å²) in [5.41, 5.74) is 6.43. The molecule has 1 aliphatic heterocycles. The Hall–Kier alpha value is -2.97. The fraction of sp³-hybridized carbons (Fsp3) is 0.333. The first-order valence-electron chi connectivity index (χ1n) is 9.68. The molecule has 2 aromatic carbocycles. The van der Waals surface area contributed by atoms with Gasteiger partial charge in [0, 0.05) is 51.4 Å². The lowest BCUT2D eigenvalue weighted by atomic mass is 10.2. The Morgan fingerprint density at radius 1 is 0.862 bits per heavy atom. The number of piperazine rings is 1. The van der Waals surface area contributed by atoms with E-state index in [4.69, 9.17) is 0 Å². The predicted octanol–water partition coefficient (Wildman–Crippen LogP) is 2.19. The Kier molecular flexibility index (Phi) is 7.54. The van der Waals surface area contributed by atoms with Gasteiger partial charge in [0.1, 0.15) is 5.82 Å². The Morgan fingerprint density at radius 2 is 1.52 bits per heavy atom. The van der Waals surface area contributed by atoms with Crippen LogP contribution in [-0.2, 0) is 11.3 Å². The molecule has 7 nitrogen and oxygen atoms in total. The number of amides is 3. The minimum atomic E-state index is -0.584. The second kappa shape index (κ2) is 10.5. The van der Waals surface area contributed by atoms with Crippen LogP contribution in [0.4, 0.5) is 14.9 Å². The monoisotopic (exact) mass is 399 g/mol. The lowest BCUT2D eigenvalue weighted by Gasteiger charge is -2.34. The first kappa shape index (κ1) is 20.8. The number of nitrogens with one attached hydrogen (secondary N) is 3. The van der Waals surface area contributed by atoms with Crippen molar-refractivity contribution in [2.75, 3.05) is 38.0 Å². The highest BCUT2D eigenvalue weighted by Gasteiger charge is 2.17. The van der Waals surface area contributed by atoms with E-state index in [1.165, 1.54) is 29.8 Å². The van der Waals surface area contributed by atoms with E-state index < -0.39 is 6.03 Å². The number of hydrogen-bond acceptors (Lipinski definition) is 4. The van der Waals surface area contributed by atoms with Gasteiger partial charge in [0.15, 0.2) is 0 Å². The van der Waals surface area contributed by atoms with E-state index in [2.05, 4.69) is 50.2 Å². The quantitative estimate of drug-likeness (QED) is 0.651. The molecule has 0 saturated carbocycles. The Labute approximate surface area is 169 Å². The molecule has 0 aromatic heterocycles.